The maximum atomic E-state index is 12.5. The van der Waals surface area contributed by atoms with E-state index in [-0.39, 0.29) is 5.97 Å². The second-order valence-corrected chi connectivity index (χ2v) is 10.2. The molecule has 0 aromatic heterocycles. The first-order valence-electron chi connectivity index (χ1n) is 12.4. The quantitative estimate of drug-likeness (QED) is 0.612. The van der Waals surface area contributed by atoms with Crippen molar-refractivity contribution in [2.75, 3.05) is 40.5 Å². The third-order valence-electron chi connectivity index (χ3n) is 7.58. The molecule has 0 spiro atoms. The van der Waals surface area contributed by atoms with Gasteiger partial charge in [0.2, 0.25) is 0 Å². The van der Waals surface area contributed by atoms with E-state index in [4.69, 9.17) is 14.2 Å². The first kappa shape index (κ1) is 23.4. The van der Waals surface area contributed by atoms with Crippen LogP contribution in [0.3, 0.4) is 0 Å². The van der Waals surface area contributed by atoms with E-state index in [2.05, 4.69) is 36.2 Å². The van der Waals surface area contributed by atoms with Gasteiger partial charge in [-0.1, -0.05) is 13.8 Å². The third-order valence-corrected chi connectivity index (χ3v) is 7.58. The van der Waals surface area contributed by atoms with E-state index in [0.29, 0.717) is 42.9 Å². The summed E-state index contributed by atoms with van der Waals surface area (Å²) < 4.78 is 17.0. The Labute approximate surface area is 193 Å². The smallest absolute Gasteiger partial charge is 0.307 e. The van der Waals surface area contributed by atoms with Crippen LogP contribution in [0.2, 0.25) is 0 Å². The molecule has 0 radical (unpaired) electrons. The Hall–Kier alpha value is -1.79. The van der Waals surface area contributed by atoms with Gasteiger partial charge >= 0.3 is 5.97 Å². The Morgan fingerprint density at radius 1 is 1.19 bits per heavy atom. The van der Waals surface area contributed by atoms with E-state index in [1.807, 2.05) is 0 Å². The zero-order chi connectivity index (χ0) is 22.7. The van der Waals surface area contributed by atoms with Crippen molar-refractivity contribution in [1.82, 2.24) is 10.2 Å². The van der Waals surface area contributed by atoms with Crippen molar-refractivity contribution in [1.29, 1.82) is 0 Å². The number of piperidine rings is 1. The van der Waals surface area contributed by atoms with Crippen molar-refractivity contribution in [2.45, 2.75) is 64.5 Å². The summed E-state index contributed by atoms with van der Waals surface area (Å²) in [6, 6.07) is 4.96. The van der Waals surface area contributed by atoms with Gasteiger partial charge in [-0.3, -0.25) is 9.69 Å². The lowest BCUT2D eigenvalue weighted by atomic mass is 9.74. The number of methoxy groups -OCH3 is 2. The predicted molar refractivity (Wildman–Crippen MR) is 125 cm³/mol. The number of carbonyl (C=O) groups excluding carboxylic acids is 1. The molecule has 3 aliphatic heterocycles. The van der Waals surface area contributed by atoms with Gasteiger partial charge in [0.05, 0.1) is 27.2 Å². The van der Waals surface area contributed by atoms with Gasteiger partial charge in [-0.25, -0.2) is 0 Å². The summed E-state index contributed by atoms with van der Waals surface area (Å²) in [4.78, 5) is 15.1. The largest absolute Gasteiger partial charge is 0.493 e. The Kier molecular flexibility index (Phi) is 7.62. The fourth-order valence-electron chi connectivity index (χ4n) is 5.97. The lowest BCUT2D eigenvalue weighted by molar-refractivity contribution is -0.147. The molecule has 0 bridgehead atoms. The lowest BCUT2D eigenvalue weighted by Gasteiger charge is -2.47. The molecule has 1 aromatic carbocycles. The highest BCUT2D eigenvalue weighted by Crippen LogP contribution is 2.45. The SMILES string of the molecule is COc1cc2c(cc1OC)[C@H]1C[C@@H](COC(=O)CC3CCCN3)[C@H](CC(C)C)CN1CC2. The minimum atomic E-state index is -0.0504. The molecule has 3 heterocycles. The zero-order valence-corrected chi connectivity index (χ0v) is 20.2. The topological polar surface area (TPSA) is 60.0 Å². The number of rotatable bonds is 8. The molecule has 1 N–H and O–H groups in total. The van der Waals surface area contributed by atoms with Crippen LogP contribution < -0.4 is 14.8 Å². The molecule has 0 amide bonds. The Morgan fingerprint density at radius 3 is 2.66 bits per heavy atom. The maximum absolute atomic E-state index is 12.5. The molecule has 2 saturated heterocycles. The fourth-order valence-corrected chi connectivity index (χ4v) is 5.97. The predicted octanol–water partition coefficient (Wildman–Crippen LogP) is 3.97. The van der Waals surface area contributed by atoms with Gasteiger partial charge in [0, 0.05) is 25.2 Å². The minimum Gasteiger partial charge on any atom is -0.493 e. The molecule has 6 heteroatoms. The van der Waals surface area contributed by atoms with Crippen molar-refractivity contribution in [3.05, 3.63) is 23.3 Å². The van der Waals surface area contributed by atoms with Crippen LogP contribution in [0, 0.1) is 17.8 Å². The molecule has 6 nitrogen and oxygen atoms in total. The van der Waals surface area contributed by atoms with Crippen molar-refractivity contribution in [3.8, 4) is 11.5 Å². The number of fused-ring (bicyclic) bond motifs is 3. The van der Waals surface area contributed by atoms with Gasteiger partial charge in [-0.2, -0.15) is 0 Å². The first-order valence-corrected chi connectivity index (χ1v) is 12.4. The van der Waals surface area contributed by atoms with Gasteiger partial charge in [0.1, 0.15) is 0 Å². The average Bonchev–Trinajstić information content (AvgIpc) is 3.29. The summed E-state index contributed by atoms with van der Waals surface area (Å²) in [5, 5.41) is 3.40. The van der Waals surface area contributed by atoms with Crippen LogP contribution in [0.25, 0.3) is 0 Å². The molecular weight excluding hydrogens is 404 g/mol. The number of esters is 1. The standard InChI is InChI=1S/C26H40N2O4/c1-17(2)10-19-15-28-9-7-18-12-24(30-3)25(31-4)14-22(18)23(28)11-20(19)16-32-26(29)13-21-6-5-8-27-21/h12,14,17,19-21,23,27H,5-11,13,15-16H2,1-4H3/t19-,20+,21?,23-/m1/s1. The van der Waals surface area contributed by atoms with Crippen molar-refractivity contribution >= 4 is 5.97 Å². The highest BCUT2D eigenvalue weighted by molar-refractivity contribution is 5.70. The Balaban J connectivity index is 1.48. The Bertz CT molecular complexity index is 790. The van der Waals surface area contributed by atoms with Crippen molar-refractivity contribution < 1.29 is 19.0 Å². The number of hydrogen-bond donors (Lipinski definition) is 1. The monoisotopic (exact) mass is 444 g/mol. The number of benzene rings is 1. The Morgan fingerprint density at radius 2 is 1.97 bits per heavy atom. The van der Waals surface area contributed by atoms with Gasteiger partial charge < -0.3 is 19.5 Å². The van der Waals surface area contributed by atoms with Crippen molar-refractivity contribution in [2.24, 2.45) is 17.8 Å². The molecular formula is C26H40N2O4. The molecule has 1 aromatic rings. The highest BCUT2D eigenvalue weighted by Gasteiger charge is 2.40. The number of carbonyl (C=O) groups is 1. The van der Waals surface area contributed by atoms with E-state index in [9.17, 15) is 4.79 Å². The van der Waals surface area contributed by atoms with Crippen LogP contribution in [-0.2, 0) is 16.0 Å². The molecule has 0 saturated carbocycles. The van der Waals surface area contributed by atoms with E-state index < -0.39 is 0 Å². The van der Waals surface area contributed by atoms with E-state index in [0.717, 1.165) is 56.8 Å². The van der Waals surface area contributed by atoms with Crippen LogP contribution in [-0.4, -0.2) is 57.4 Å². The second-order valence-electron chi connectivity index (χ2n) is 10.2. The average molecular weight is 445 g/mol. The number of nitrogens with one attached hydrogen (secondary N) is 1. The lowest BCUT2D eigenvalue weighted by Crippen LogP contribution is -2.47. The maximum Gasteiger partial charge on any atom is 0.307 e. The first-order chi connectivity index (χ1) is 15.5. The minimum absolute atomic E-state index is 0.0504. The summed E-state index contributed by atoms with van der Waals surface area (Å²) in [5.41, 5.74) is 2.71. The molecule has 0 aliphatic carbocycles. The van der Waals surface area contributed by atoms with Crippen LogP contribution in [0.15, 0.2) is 12.1 Å². The molecule has 4 atom stereocenters. The number of nitrogens with zero attached hydrogens (tertiary/aromatic N) is 1. The molecule has 2 fully saturated rings. The normalized spacial score (nSPS) is 27.7. The van der Waals surface area contributed by atoms with Gasteiger partial charge in [-0.05, 0) is 79.7 Å². The zero-order valence-electron chi connectivity index (χ0n) is 20.2. The van der Waals surface area contributed by atoms with Crippen molar-refractivity contribution in [3.63, 3.8) is 0 Å². The van der Waals surface area contributed by atoms with Gasteiger partial charge in [-0.15, -0.1) is 0 Å². The molecule has 178 valence electrons. The summed E-state index contributed by atoms with van der Waals surface area (Å²) in [6.45, 7) is 8.29. The van der Waals surface area contributed by atoms with Crippen LogP contribution in [0.4, 0.5) is 0 Å². The summed E-state index contributed by atoms with van der Waals surface area (Å²) in [6.07, 6.45) is 5.96. The molecule has 1 unspecified atom stereocenters. The van der Waals surface area contributed by atoms with Crippen LogP contribution >= 0.6 is 0 Å². The number of ether oxygens (including phenoxy) is 3. The fraction of sp³-hybridized carbons (Fsp3) is 0.731. The third kappa shape index (κ3) is 5.23. The second kappa shape index (κ2) is 10.4. The highest BCUT2D eigenvalue weighted by atomic mass is 16.5. The molecule has 4 rings (SSSR count). The van der Waals surface area contributed by atoms with Gasteiger partial charge in [0.15, 0.2) is 11.5 Å². The van der Waals surface area contributed by atoms with Crippen LogP contribution in [0.1, 0.15) is 63.1 Å². The van der Waals surface area contributed by atoms with E-state index >= 15 is 0 Å². The summed E-state index contributed by atoms with van der Waals surface area (Å²) >= 11 is 0. The van der Waals surface area contributed by atoms with Crippen LogP contribution in [0.5, 0.6) is 11.5 Å². The summed E-state index contributed by atoms with van der Waals surface area (Å²) in [5.74, 6) is 3.14. The molecule has 3 aliphatic rings. The van der Waals surface area contributed by atoms with Gasteiger partial charge in [0.25, 0.3) is 0 Å². The molecule has 32 heavy (non-hydrogen) atoms. The van der Waals surface area contributed by atoms with E-state index in [1.165, 1.54) is 17.5 Å². The van der Waals surface area contributed by atoms with E-state index in [1.54, 1.807) is 14.2 Å². The summed E-state index contributed by atoms with van der Waals surface area (Å²) in [7, 11) is 3.40. The number of hydrogen-bond acceptors (Lipinski definition) is 6.